The van der Waals surface area contributed by atoms with Crippen molar-refractivity contribution in [1.82, 2.24) is 4.90 Å². The summed E-state index contributed by atoms with van der Waals surface area (Å²) in [5, 5.41) is 11.9. The van der Waals surface area contributed by atoms with Gasteiger partial charge in [-0.05, 0) is 48.0 Å². The molecule has 168 valence electrons. The molecule has 0 bridgehead atoms. The van der Waals surface area contributed by atoms with Crippen LogP contribution < -0.4 is 9.47 Å². The normalized spacial score (nSPS) is 19.2. The number of Topliss-reactive ketones (excluding diaryl/α,β-unsaturated/α-hetero) is 1. The lowest BCUT2D eigenvalue weighted by molar-refractivity contribution is -0.140. The average molecular weight is 486 g/mol. The van der Waals surface area contributed by atoms with Crippen molar-refractivity contribution in [3.63, 3.8) is 0 Å². The van der Waals surface area contributed by atoms with Gasteiger partial charge in [-0.25, -0.2) is 0 Å². The lowest BCUT2D eigenvalue weighted by Gasteiger charge is -2.25. The molecule has 0 aliphatic carbocycles. The predicted octanol–water partition coefficient (Wildman–Crippen LogP) is 4.98. The Morgan fingerprint density at radius 2 is 1.82 bits per heavy atom. The lowest BCUT2D eigenvalue weighted by Crippen LogP contribution is -2.29. The molecule has 0 unspecified atom stereocenters. The number of ether oxygens (including phenoxy) is 2. The highest BCUT2D eigenvalue weighted by Gasteiger charge is 2.47. The number of hydrogen-bond donors (Lipinski definition) is 1. The second kappa shape index (κ2) is 8.50. The Morgan fingerprint density at radius 3 is 2.55 bits per heavy atom. The number of nitrogens with zero attached hydrogens (tertiary/aromatic N) is 1. The number of hydrogen-bond acceptors (Lipinski definition) is 6. The largest absolute Gasteiger partial charge is 0.507 e. The number of rotatable bonds is 4. The first-order chi connectivity index (χ1) is 15.9. The molecule has 3 heterocycles. The van der Waals surface area contributed by atoms with Crippen LogP contribution in [0.15, 0.2) is 64.8 Å². The smallest absolute Gasteiger partial charge is 0.296 e. The number of benzene rings is 2. The molecule has 1 amide bonds. The van der Waals surface area contributed by atoms with Gasteiger partial charge in [0.2, 0.25) is 0 Å². The number of fused-ring (bicyclic) bond motifs is 1. The fraction of sp³-hybridized carbons (Fsp3) is 0.167. The monoisotopic (exact) mass is 485 g/mol. The summed E-state index contributed by atoms with van der Waals surface area (Å²) in [5.74, 6) is -0.495. The summed E-state index contributed by atoms with van der Waals surface area (Å²) < 4.78 is 16.5. The SMILES string of the molecule is O=C1C(=O)N(Cc2ccco2)[C@@H](c2ccc(Cl)cc2Cl)C1=C(O)c1ccc2c(c1)OCCO2. The number of aliphatic hydroxyl groups is 1. The second-order valence-corrected chi connectivity index (χ2v) is 8.37. The van der Waals surface area contributed by atoms with Gasteiger partial charge in [0.1, 0.15) is 24.7 Å². The fourth-order valence-corrected chi connectivity index (χ4v) is 4.52. The van der Waals surface area contributed by atoms with Crippen molar-refractivity contribution in [1.29, 1.82) is 0 Å². The van der Waals surface area contributed by atoms with Gasteiger partial charge in [-0.15, -0.1) is 0 Å². The number of furan rings is 1. The topological polar surface area (TPSA) is 89.2 Å². The quantitative estimate of drug-likeness (QED) is 0.318. The molecule has 9 heteroatoms. The van der Waals surface area contributed by atoms with Gasteiger partial charge in [0.25, 0.3) is 11.7 Å². The second-order valence-electron chi connectivity index (χ2n) is 7.53. The summed E-state index contributed by atoms with van der Waals surface area (Å²) in [6.45, 7) is 0.801. The third kappa shape index (κ3) is 3.83. The molecule has 5 rings (SSSR count). The molecule has 1 N–H and O–H groups in total. The Morgan fingerprint density at radius 1 is 1.03 bits per heavy atom. The molecule has 33 heavy (non-hydrogen) atoms. The van der Waals surface area contributed by atoms with Gasteiger partial charge < -0.3 is 23.9 Å². The van der Waals surface area contributed by atoms with Crippen molar-refractivity contribution in [2.75, 3.05) is 13.2 Å². The third-order valence-electron chi connectivity index (χ3n) is 5.52. The lowest BCUT2D eigenvalue weighted by atomic mass is 9.95. The van der Waals surface area contributed by atoms with Crippen molar-refractivity contribution < 1.29 is 28.6 Å². The van der Waals surface area contributed by atoms with Gasteiger partial charge in [-0.2, -0.15) is 0 Å². The van der Waals surface area contributed by atoms with E-state index in [4.69, 9.17) is 37.1 Å². The van der Waals surface area contributed by atoms with Crippen LogP contribution in [0.1, 0.15) is 22.9 Å². The molecule has 1 fully saturated rings. The molecule has 0 saturated carbocycles. The summed E-state index contributed by atoms with van der Waals surface area (Å²) in [4.78, 5) is 27.5. The standard InChI is InChI=1S/C24H17Cl2NO6/c25-14-4-5-16(17(26)11-14)21-20(23(29)24(30)27(21)12-15-2-1-7-31-15)22(28)13-3-6-18-19(10-13)33-9-8-32-18/h1-7,10-11,21,28H,8-9,12H2/t21-/m0/s1. The van der Waals surface area contributed by atoms with E-state index in [-0.39, 0.29) is 22.9 Å². The van der Waals surface area contributed by atoms with Gasteiger partial charge in [0.15, 0.2) is 11.5 Å². The molecule has 0 spiro atoms. The maximum atomic E-state index is 13.1. The fourth-order valence-electron chi connectivity index (χ4n) is 4.01. The Hall–Kier alpha value is -3.42. The van der Waals surface area contributed by atoms with Crippen LogP contribution in [-0.4, -0.2) is 34.9 Å². The van der Waals surface area contributed by atoms with Crippen molar-refractivity contribution >= 4 is 40.7 Å². The minimum absolute atomic E-state index is 0.0130. The first-order valence-electron chi connectivity index (χ1n) is 10.1. The highest BCUT2D eigenvalue weighted by Crippen LogP contribution is 2.44. The molecular formula is C24H17Cl2NO6. The van der Waals surface area contributed by atoms with Crippen LogP contribution in [0, 0.1) is 0 Å². The Bertz CT molecular complexity index is 1280. The maximum Gasteiger partial charge on any atom is 0.296 e. The summed E-state index contributed by atoms with van der Waals surface area (Å²) in [7, 11) is 0. The van der Waals surface area contributed by atoms with Crippen LogP contribution in [0.2, 0.25) is 10.0 Å². The minimum atomic E-state index is -0.951. The first kappa shape index (κ1) is 21.4. The predicted molar refractivity (Wildman–Crippen MR) is 120 cm³/mol. The van der Waals surface area contributed by atoms with E-state index in [0.717, 1.165) is 0 Å². The minimum Gasteiger partial charge on any atom is -0.507 e. The highest BCUT2D eigenvalue weighted by atomic mass is 35.5. The van der Waals surface area contributed by atoms with E-state index in [1.54, 1.807) is 42.5 Å². The van der Waals surface area contributed by atoms with Crippen molar-refractivity contribution in [2.45, 2.75) is 12.6 Å². The Kier molecular flexibility index (Phi) is 5.52. The number of ketones is 1. The summed E-state index contributed by atoms with van der Waals surface area (Å²) in [6.07, 6.45) is 1.48. The van der Waals surface area contributed by atoms with E-state index in [2.05, 4.69) is 0 Å². The molecule has 1 saturated heterocycles. The number of amides is 1. The average Bonchev–Trinajstić information content (AvgIpc) is 3.41. The van der Waals surface area contributed by atoms with E-state index in [9.17, 15) is 14.7 Å². The van der Waals surface area contributed by atoms with Gasteiger partial charge in [-0.1, -0.05) is 29.3 Å². The number of carbonyl (C=O) groups is 2. The first-order valence-corrected chi connectivity index (χ1v) is 10.9. The summed E-state index contributed by atoms with van der Waals surface area (Å²) >= 11 is 12.5. The van der Waals surface area contributed by atoms with E-state index in [1.165, 1.54) is 17.2 Å². The van der Waals surface area contributed by atoms with Crippen LogP contribution in [0.4, 0.5) is 0 Å². The van der Waals surface area contributed by atoms with Crippen LogP contribution >= 0.6 is 23.2 Å². The van der Waals surface area contributed by atoms with Crippen LogP contribution in [0.5, 0.6) is 11.5 Å². The highest BCUT2D eigenvalue weighted by molar-refractivity contribution is 6.47. The molecule has 2 aromatic carbocycles. The third-order valence-corrected chi connectivity index (χ3v) is 6.08. The number of aliphatic hydroxyl groups excluding tert-OH is 1. The zero-order valence-corrected chi connectivity index (χ0v) is 18.6. The molecule has 3 aromatic rings. The molecule has 1 atom stereocenters. The van der Waals surface area contributed by atoms with E-state index in [1.807, 2.05) is 0 Å². The van der Waals surface area contributed by atoms with Crippen molar-refractivity contribution in [3.8, 4) is 11.5 Å². The number of halogens is 2. The maximum absolute atomic E-state index is 13.1. The van der Waals surface area contributed by atoms with Crippen molar-refractivity contribution in [3.05, 3.63) is 87.3 Å². The zero-order chi connectivity index (χ0) is 23.1. The zero-order valence-electron chi connectivity index (χ0n) is 17.1. The molecule has 7 nitrogen and oxygen atoms in total. The summed E-state index contributed by atoms with van der Waals surface area (Å²) in [6, 6.07) is 12.0. The van der Waals surface area contributed by atoms with Gasteiger partial charge >= 0.3 is 0 Å². The van der Waals surface area contributed by atoms with Crippen LogP contribution in [0.3, 0.4) is 0 Å². The Labute approximate surface area is 198 Å². The summed E-state index contributed by atoms with van der Waals surface area (Å²) in [5.41, 5.74) is 0.670. The van der Waals surface area contributed by atoms with Crippen molar-refractivity contribution in [2.24, 2.45) is 0 Å². The number of likely N-dealkylation sites (tertiary alicyclic amines) is 1. The van der Waals surface area contributed by atoms with E-state index < -0.39 is 17.7 Å². The van der Waals surface area contributed by atoms with Crippen LogP contribution in [0.25, 0.3) is 5.76 Å². The van der Waals surface area contributed by atoms with Crippen LogP contribution in [-0.2, 0) is 16.1 Å². The molecule has 2 aliphatic rings. The number of carbonyl (C=O) groups excluding carboxylic acids is 2. The molecule has 2 aliphatic heterocycles. The molecular weight excluding hydrogens is 469 g/mol. The Balaban J connectivity index is 1.66. The van der Waals surface area contributed by atoms with E-state index in [0.29, 0.717) is 46.6 Å². The molecule has 1 aromatic heterocycles. The van der Waals surface area contributed by atoms with Gasteiger partial charge in [0.05, 0.1) is 24.4 Å². The van der Waals surface area contributed by atoms with Gasteiger partial charge in [0, 0.05) is 15.6 Å². The van der Waals surface area contributed by atoms with Gasteiger partial charge in [-0.3, -0.25) is 9.59 Å². The molecule has 0 radical (unpaired) electrons. The van der Waals surface area contributed by atoms with E-state index >= 15 is 0 Å².